The molecule has 3 nitrogen and oxygen atoms in total. The molecule has 0 radical (unpaired) electrons. The lowest BCUT2D eigenvalue weighted by molar-refractivity contribution is 0.00925. The number of rotatable bonds is 2. The fourth-order valence-electron chi connectivity index (χ4n) is 3.23. The molecule has 2 aromatic carbocycles. The third-order valence-corrected chi connectivity index (χ3v) is 4.42. The lowest BCUT2D eigenvalue weighted by Gasteiger charge is -2.22. The first kappa shape index (κ1) is 12.6. The second-order valence-corrected chi connectivity index (χ2v) is 5.71. The molecule has 3 heteroatoms. The van der Waals surface area contributed by atoms with E-state index in [2.05, 4.69) is 13.0 Å². The van der Waals surface area contributed by atoms with E-state index in [-0.39, 0.29) is 30.2 Å². The van der Waals surface area contributed by atoms with Crippen molar-refractivity contribution >= 4 is 16.7 Å². The van der Waals surface area contributed by atoms with Crippen LogP contribution in [0.25, 0.3) is 10.8 Å². The number of benzene rings is 2. The molecule has 0 aromatic heterocycles. The number of hydrogen-bond donors (Lipinski definition) is 0. The van der Waals surface area contributed by atoms with Gasteiger partial charge >= 0.3 is 5.97 Å². The van der Waals surface area contributed by atoms with E-state index in [1.165, 1.54) is 0 Å². The Morgan fingerprint density at radius 1 is 1.05 bits per heavy atom. The number of ether oxygens (including phenoxy) is 2. The molecular weight excluding hydrogens is 264 g/mol. The standard InChI is InChI=1S/C18H16O3/c1-11-15-9-10-16(20-15)17(11)21-18(19)14-8-4-6-12-5-2-3-7-13(12)14/h2-11,15-17H,1H3. The van der Waals surface area contributed by atoms with Gasteiger partial charge in [0.05, 0.1) is 11.7 Å². The van der Waals surface area contributed by atoms with Crippen LogP contribution in [0.3, 0.4) is 0 Å². The van der Waals surface area contributed by atoms with Gasteiger partial charge in [-0.2, -0.15) is 0 Å². The van der Waals surface area contributed by atoms with Crippen molar-refractivity contribution in [2.45, 2.75) is 25.2 Å². The molecule has 2 heterocycles. The van der Waals surface area contributed by atoms with Crippen molar-refractivity contribution < 1.29 is 14.3 Å². The molecule has 1 saturated heterocycles. The summed E-state index contributed by atoms with van der Waals surface area (Å²) in [6.07, 6.45) is 3.85. The average molecular weight is 280 g/mol. The number of fused-ring (bicyclic) bond motifs is 3. The van der Waals surface area contributed by atoms with Crippen molar-refractivity contribution in [3.05, 3.63) is 60.2 Å². The summed E-state index contributed by atoms with van der Waals surface area (Å²) in [7, 11) is 0. The molecule has 0 aliphatic carbocycles. The Kier molecular flexibility index (Phi) is 2.82. The van der Waals surface area contributed by atoms with Gasteiger partial charge in [0.2, 0.25) is 0 Å². The lowest BCUT2D eigenvalue weighted by Crippen LogP contribution is -2.32. The van der Waals surface area contributed by atoms with E-state index in [0.717, 1.165) is 10.8 Å². The summed E-state index contributed by atoms with van der Waals surface area (Å²) in [5, 5.41) is 1.97. The fraction of sp³-hybridized carbons (Fsp3) is 0.278. The molecule has 0 spiro atoms. The minimum absolute atomic E-state index is 0.0836. The third-order valence-electron chi connectivity index (χ3n) is 4.42. The average Bonchev–Trinajstić information content (AvgIpc) is 3.10. The Morgan fingerprint density at radius 3 is 2.62 bits per heavy atom. The van der Waals surface area contributed by atoms with Gasteiger partial charge in [-0.05, 0) is 16.8 Å². The highest BCUT2D eigenvalue weighted by molar-refractivity contribution is 6.04. The van der Waals surface area contributed by atoms with E-state index >= 15 is 0 Å². The molecular formula is C18H16O3. The molecule has 2 aromatic rings. The highest BCUT2D eigenvalue weighted by Gasteiger charge is 2.45. The molecule has 1 fully saturated rings. The fourth-order valence-corrected chi connectivity index (χ4v) is 3.23. The first-order valence-electron chi connectivity index (χ1n) is 7.26. The number of carbonyl (C=O) groups excluding carboxylic acids is 1. The molecule has 4 atom stereocenters. The van der Waals surface area contributed by atoms with Gasteiger partial charge in [-0.3, -0.25) is 0 Å². The van der Waals surface area contributed by atoms with Gasteiger partial charge in [-0.1, -0.05) is 55.5 Å². The summed E-state index contributed by atoms with van der Waals surface area (Å²) in [6, 6.07) is 13.6. The van der Waals surface area contributed by atoms with Crippen LogP contribution in [0.4, 0.5) is 0 Å². The van der Waals surface area contributed by atoms with Gasteiger partial charge in [0.1, 0.15) is 12.2 Å². The maximum Gasteiger partial charge on any atom is 0.339 e. The Morgan fingerprint density at radius 2 is 1.81 bits per heavy atom. The topological polar surface area (TPSA) is 35.5 Å². The zero-order chi connectivity index (χ0) is 14.4. The monoisotopic (exact) mass is 280 g/mol. The van der Waals surface area contributed by atoms with Crippen LogP contribution in [-0.2, 0) is 9.47 Å². The maximum absolute atomic E-state index is 12.5. The van der Waals surface area contributed by atoms with Gasteiger partial charge in [-0.15, -0.1) is 0 Å². The number of carbonyl (C=O) groups is 1. The van der Waals surface area contributed by atoms with Gasteiger partial charge in [-0.25, -0.2) is 4.79 Å². The van der Waals surface area contributed by atoms with Crippen LogP contribution in [0.15, 0.2) is 54.6 Å². The normalized spacial score (nSPS) is 30.0. The van der Waals surface area contributed by atoms with E-state index < -0.39 is 0 Å². The molecule has 2 bridgehead atoms. The van der Waals surface area contributed by atoms with Crippen molar-refractivity contribution in [2.75, 3.05) is 0 Å². The zero-order valence-electron chi connectivity index (χ0n) is 11.7. The molecule has 2 aliphatic rings. The van der Waals surface area contributed by atoms with E-state index in [1.807, 2.05) is 48.5 Å². The van der Waals surface area contributed by atoms with E-state index in [1.54, 1.807) is 0 Å². The van der Waals surface area contributed by atoms with Gasteiger partial charge in [0, 0.05) is 5.92 Å². The van der Waals surface area contributed by atoms with Crippen LogP contribution in [-0.4, -0.2) is 24.3 Å². The molecule has 106 valence electrons. The van der Waals surface area contributed by atoms with Crippen molar-refractivity contribution in [2.24, 2.45) is 5.92 Å². The second kappa shape index (κ2) is 4.71. The van der Waals surface area contributed by atoms with Crippen LogP contribution in [0, 0.1) is 5.92 Å². The first-order chi connectivity index (χ1) is 10.2. The molecule has 2 aliphatic heterocycles. The summed E-state index contributed by atoms with van der Waals surface area (Å²) in [6.45, 7) is 2.06. The number of esters is 1. The van der Waals surface area contributed by atoms with Crippen LogP contribution in [0.5, 0.6) is 0 Å². The van der Waals surface area contributed by atoms with Crippen LogP contribution in [0.1, 0.15) is 17.3 Å². The minimum atomic E-state index is -0.270. The predicted molar refractivity (Wildman–Crippen MR) is 80.1 cm³/mol. The Bertz CT molecular complexity index is 729. The summed E-state index contributed by atoms with van der Waals surface area (Å²) >= 11 is 0. The molecule has 0 N–H and O–H groups in total. The quantitative estimate of drug-likeness (QED) is 0.625. The smallest absolute Gasteiger partial charge is 0.339 e. The minimum Gasteiger partial charge on any atom is -0.455 e. The molecule has 0 saturated carbocycles. The summed E-state index contributed by atoms with van der Waals surface area (Å²) in [5.41, 5.74) is 0.618. The highest BCUT2D eigenvalue weighted by Crippen LogP contribution is 2.36. The second-order valence-electron chi connectivity index (χ2n) is 5.71. The van der Waals surface area contributed by atoms with Crippen LogP contribution in [0.2, 0.25) is 0 Å². The van der Waals surface area contributed by atoms with Crippen molar-refractivity contribution in [3.8, 4) is 0 Å². The number of hydrogen-bond acceptors (Lipinski definition) is 3. The van der Waals surface area contributed by atoms with Crippen molar-refractivity contribution in [1.82, 2.24) is 0 Å². The van der Waals surface area contributed by atoms with E-state index in [9.17, 15) is 4.79 Å². The summed E-state index contributed by atoms with van der Waals surface area (Å²) < 4.78 is 11.5. The molecule has 21 heavy (non-hydrogen) atoms. The third kappa shape index (κ3) is 1.96. The highest BCUT2D eigenvalue weighted by atomic mass is 16.6. The first-order valence-corrected chi connectivity index (χ1v) is 7.26. The zero-order valence-corrected chi connectivity index (χ0v) is 11.7. The van der Waals surface area contributed by atoms with Crippen LogP contribution >= 0.6 is 0 Å². The molecule has 4 unspecified atom stereocenters. The Labute approximate surface area is 123 Å². The molecule has 0 amide bonds. The van der Waals surface area contributed by atoms with E-state index in [4.69, 9.17) is 9.47 Å². The summed E-state index contributed by atoms with van der Waals surface area (Å²) in [5.74, 6) is -0.0628. The van der Waals surface area contributed by atoms with Crippen molar-refractivity contribution in [1.29, 1.82) is 0 Å². The van der Waals surface area contributed by atoms with Crippen molar-refractivity contribution in [3.63, 3.8) is 0 Å². The maximum atomic E-state index is 12.5. The Hall–Kier alpha value is -2.13. The largest absolute Gasteiger partial charge is 0.455 e. The van der Waals surface area contributed by atoms with Gasteiger partial charge in [0.15, 0.2) is 0 Å². The predicted octanol–water partition coefficient (Wildman–Crippen LogP) is 3.34. The van der Waals surface area contributed by atoms with Crippen LogP contribution < -0.4 is 0 Å². The summed E-state index contributed by atoms with van der Waals surface area (Å²) in [4.78, 5) is 12.5. The lowest BCUT2D eigenvalue weighted by atomic mass is 9.93. The van der Waals surface area contributed by atoms with E-state index in [0.29, 0.717) is 5.56 Å². The molecule has 4 rings (SSSR count). The van der Waals surface area contributed by atoms with Gasteiger partial charge in [0.25, 0.3) is 0 Å². The SMILES string of the molecule is CC1C2C=CC(O2)C1OC(=O)c1cccc2ccccc12. The van der Waals surface area contributed by atoms with Gasteiger partial charge < -0.3 is 9.47 Å². The Balaban J connectivity index is 1.64.